The third kappa shape index (κ3) is 2.87. The topological polar surface area (TPSA) is 33.4 Å². The van der Waals surface area contributed by atoms with Crippen LogP contribution in [0.25, 0.3) is 0 Å². The van der Waals surface area contributed by atoms with Crippen LogP contribution in [-0.2, 0) is 6.42 Å². The number of halogens is 2. The second-order valence-electron chi connectivity index (χ2n) is 3.47. The molecule has 1 heterocycles. The van der Waals surface area contributed by atoms with Gasteiger partial charge in [0.1, 0.15) is 5.76 Å². The van der Waals surface area contributed by atoms with Gasteiger partial charge in [-0.1, -0.05) is 15.9 Å². The van der Waals surface area contributed by atoms with Crippen LogP contribution in [0.4, 0.5) is 0 Å². The van der Waals surface area contributed by atoms with E-state index in [1.807, 2.05) is 30.3 Å². The fraction of sp³-hybridized carbons (Fsp3) is 0.167. The molecule has 0 spiro atoms. The minimum absolute atomic E-state index is 0.492. The summed E-state index contributed by atoms with van der Waals surface area (Å²) in [6, 6.07) is 9.60. The summed E-state index contributed by atoms with van der Waals surface area (Å²) in [5.41, 5.74) is 0.892. The van der Waals surface area contributed by atoms with Crippen molar-refractivity contribution >= 4 is 38.5 Å². The highest BCUT2D eigenvalue weighted by Crippen LogP contribution is 2.27. The van der Waals surface area contributed by atoms with Gasteiger partial charge in [-0.05, 0) is 58.5 Å². The molecule has 0 aliphatic carbocycles. The molecule has 16 heavy (non-hydrogen) atoms. The van der Waals surface area contributed by atoms with Crippen LogP contribution >= 0.6 is 38.5 Å². The lowest BCUT2D eigenvalue weighted by Crippen LogP contribution is -2.02. The molecule has 0 aliphatic heterocycles. The van der Waals surface area contributed by atoms with E-state index in [-0.39, 0.29) is 0 Å². The van der Waals surface area contributed by atoms with E-state index >= 15 is 0 Å². The molecule has 1 N–H and O–H groups in total. The van der Waals surface area contributed by atoms with Crippen molar-refractivity contribution < 1.29 is 9.52 Å². The maximum absolute atomic E-state index is 10.1. The number of aliphatic hydroxyl groups is 1. The summed E-state index contributed by atoms with van der Waals surface area (Å²) >= 11 is 5.67. The molecule has 0 fully saturated rings. The van der Waals surface area contributed by atoms with Crippen molar-refractivity contribution in [3.63, 3.8) is 0 Å². The predicted octanol–water partition coefficient (Wildman–Crippen LogP) is 3.92. The Morgan fingerprint density at radius 3 is 2.88 bits per heavy atom. The van der Waals surface area contributed by atoms with E-state index in [0.717, 1.165) is 19.4 Å². The summed E-state index contributed by atoms with van der Waals surface area (Å²) in [5.74, 6) is 0.790. The van der Waals surface area contributed by atoms with Crippen molar-refractivity contribution in [2.24, 2.45) is 0 Å². The van der Waals surface area contributed by atoms with Crippen molar-refractivity contribution in [3.8, 4) is 0 Å². The molecule has 4 heteroatoms. The van der Waals surface area contributed by atoms with Gasteiger partial charge in [-0.15, -0.1) is 0 Å². The Hall–Kier alpha value is -0.330. The van der Waals surface area contributed by atoms with Gasteiger partial charge in [0.05, 0.1) is 12.4 Å². The van der Waals surface area contributed by atoms with Gasteiger partial charge in [-0.25, -0.2) is 0 Å². The largest absolute Gasteiger partial charge is 0.469 e. The average Bonchev–Trinajstić information content (AvgIpc) is 2.74. The minimum Gasteiger partial charge on any atom is -0.469 e. The molecule has 0 saturated heterocycles. The van der Waals surface area contributed by atoms with E-state index in [9.17, 15) is 5.11 Å². The van der Waals surface area contributed by atoms with Gasteiger partial charge in [-0.3, -0.25) is 0 Å². The fourth-order valence-electron chi connectivity index (χ4n) is 1.50. The van der Waals surface area contributed by atoms with Crippen LogP contribution < -0.4 is 0 Å². The Bertz CT molecular complexity index is 468. The lowest BCUT2D eigenvalue weighted by Gasteiger charge is -2.11. The Balaban J connectivity index is 2.20. The van der Waals surface area contributed by atoms with E-state index in [0.29, 0.717) is 6.42 Å². The third-order valence-corrected chi connectivity index (χ3v) is 3.68. The van der Waals surface area contributed by atoms with Crippen LogP contribution in [0.1, 0.15) is 17.4 Å². The van der Waals surface area contributed by atoms with Crippen molar-refractivity contribution in [1.29, 1.82) is 0 Å². The van der Waals surface area contributed by atoms with Crippen molar-refractivity contribution in [2.45, 2.75) is 12.5 Å². The first-order valence-electron chi connectivity index (χ1n) is 4.82. The summed E-state index contributed by atoms with van der Waals surface area (Å²) in [7, 11) is 0. The van der Waals surface area contributed by atoms with Gasteiger partial charge in [0.15, 0.2) is 0 Å². The summed E-state index contributed by atoms with van der Waals surface area (Å²) in [5, 5.41) is 10.1. The lowest BCUT2D eigenvalue weighted by atomic mass is 10.1. The highest BCUT2D eigenvalue weighted by molar-refractivity contribution is 14.1. The number of furan rings is 1. The van der Waals surface area contributed by atoms with Gasteiger partial charge < -0.3 is 9.52 Å². The average molecular weight is 393 g/mol. The Kier molecular flexibility index (Phi) is 4.05. The van der Waals surface area contributed by atoms with E-state index < -0.39 is 6.10 Å². The molecule has 0 radical (unpaired) electrons. The van der Waals surface area contributed by atoms with Gasteiger partial charge >= 0.3 is 0 Å². The molecule has 0 bridgehead atoms. The van der Waals surface area contributed by atoms with Crippen LogP contribution in [0, 0.1) is 3.57 Å². The van der Waals surface area contributed by atoms with E-state index in [4.69, 9.17) is 4.42 Å². The maximum atomic E-state index is 10.1. The molecular weight excluding hydrogens is 383 g/mol. The van der Waals surface area contributed by atoms with Gasteiger partial charge in [-0.2, -0.15) is 0 Å². The highest BCUT2D eigenvalue weighted by Gasteiger charge is 2.13. The standard InChI is InChI=1S/C12H10BrIO2/c13-11-4-3-8(14)6-10(11)12(15)7-9-2-1-5-16-9/h1-6,12,15H,7H2. The first-order chi connectivity index (χ1) is 7.66. The minimum atomic E-state index is -0.546. The molecule has 2 aromatic rings. The van der Waals surface area contributed by atoms with Gasteiger partial charge in [0.2, 0.25) is 0 Å². The Labute approximate surface area is 116 Å². The zero-order chi connectivity index (χ0) is 11.5. The summed E-state index contributed by atoms with van der Waals surface area (Å²) in [4.78, 5) is 0. The number of hydrogen-bond acceptors (Lipinski definition) is 2. The summed E-state index contributed by atoms with van der Waals surface area (Å²) in [6.45, 7) is 0. The normalized spacial score (nSPS) is 12.7. The molecule has 0 amide bonds. The first-order valence-corrected chi connectivity index (χ1v) is 6.69. The molecule has 2 rings (SSSR count). The van der Waals surface area contributed by atoms with E-state index in [1.54, 1.807) is 6.26 Å². The van der Waals surface area contributed by atoms with Crippen LogP contribution in [0.15, 0.2) is 45.5 Å². The number of hydrogen-bond donors (Lipinski definition) is 1. The van der Waals surface area contributed by atoms with E-state index in [2.05, 4.69) is 38.5 Å². The maximum Gasteiger partial charge on any atom is 0.106 e. The van der Waals surface area contributed by atoms with Crippen LogP contribution in [0.2, 0.25) is 0 Å². The SMILES string of the molecule is OC(Cc1ccco1)c1cc(I)ccc1Br. The number of rotatable bonds is 3. The predicted molar refractivity (Wildman–Crippen MR) is 74.2 cm³/mol. The number of benzene rings is 1. The second kappa shape index (κ2) is 5.33. The molecule has 1 aromatic carbocycles. The smallest absolute Gasteiger partial charge is 0.106 e. The van der Waals surface area contributed by atoms with Crippen LogP contribution in [0.3, 0.4) is 0 Å². The molecule has 0 saturated carbocycles. The van der Waals surface area contributed by atoms with Crippen LogP contribution in [0.5, 0.6) is 0 Å². The highest BCUT2D eigenvalue weighted by atomic mass is 127. The molecule has 1 atom stereocenters. The third-order valence-electron chi connectivity index (χ3n) is 2.29. The lowest BCUT2D eigenvalue weighted by molar-refractivity contribution is 0.169. The Morgan fingerprint density at radius 1 is 1.38 bits per heavy atom. The molecule has 2 nitrogen and oxygen atoms in total. The molecular formula is C12H10BrIO2. The van der Waals surface area contributed by atoms with Gasteiger partial charge in [0.25, 0.3) is 0 Å². The van der Waals surface area contributed by atoms with Crippen molar-refractivity contribution in [1.82, 2.24) is 0 Å². The van der Waals surface area contributed by atoms with Crippen LogP contribution in [-0.4, -0.2) is 5.11 Å². The first kappa shape index (κ1) is 12.1. The quantitative estimate of drug-likeness (QED) is 0.803. The van der Waals surface area contributed by atoms with Crippen molar-refractivity contribution in [2.75, 3.05) is 0 Å². The monoisotopic (exact) mass is 392 g/mol. The molecule has 84 valence electrons. The number of aliphatic hydroxyl groups excluding tert-OH is 1. The zero-order valence-electron chi connectivity index (χ0n) is 8.36. The molecule has 0 aliphatic rings. The summed E-state index contributed by atoms with van der Waals surface area (Å²) < 4.78 is 7.25. The van der Waals surface area contributed by atoms with Gasteiger partial charge in [0, 0.05) is 14.5 Å². The Morgan fingerprint density at radius 2 is 2.19 bits per heavy atom. The second-order valence-corrected chi connectivity index (χ2v) is 5.57. The zero-order valence-corrected chi connectivity index (χ0v) is 12.1. The molecule has 1 aromatic heterocycles. The summed E-state index contributed by atoms with van der Waals surface area (Å²) in [6.07, 6.45) is 1.56. The van der Waals surface area contributed by atoms with Crippen molar-refractivity contribution in [3.05, 3.63) is 56.0 Å². The van der Waals surface area contributed by atoms with E-state index in [1.165, 1.54) is 0 Å². The molecule has 1 unspecified atom stereocenters. The fourth-order valence-corrected chi connectivity index (χ4v) is 2.53.